The summed E-state index contributed by atoms with van der Waals surface area (Å²) in [6.45, 7) is 0.912. The van der Waals surface area contributed by atoms with Crippen LogP contribution in [0.5, 0.6) is 0 Å². The minimum atomic E-state index is -4.44. The average Bonchev–Trinajstić information content (AvgIpc) is 3.40. The molecule has 2 aromatic heterocycles. The Morgan fingerprint density at radius 3 is 2.63 bits per heavy atom. The maximum atomic E-state index is 13.0. The molecule has 0 amide bonds. The predicted molar refractivity (Wildman–Crippen MR) is 99.9 cm³/mol. The zero-order chi connectivity index (χ0) is 20.7. The number of fused-ring (bicyclic) bond motifs is 1. The molecule has 5 rings (SSSR count). The number of hydrogen-bond donors (Lipinski definition) is 0. The van der Waals surface area contributed by atoms with Crippen LogP contribution in [0.2, 0.25) is 0 Å². The highest BCUT2D eigenvalue weighted by Crippen LogP contribution is 2.32. The van der Waals surface area contributed by atoms with Crippen LogP contribution in [0.1, 0.15) is 22.9 Å². The van der Waals surface area contributed by atoms with Gasteiger partial charge in [-0.15, -0.1) is 0 Å². The molecule has 0 aliphatic carbocycles. The smallest absolute Gasteiger partial charge is 0.365 e. The van der Waals surface area contributed by atoms with E-state index in [1.165, 1.54) is 12.1 Å². The molecule has 0 spiro atoms. The van der Waals surface area contributed by atoms with E-state index in [4.69, 9.17) is 9.26 Å². The van der Waals surface area contributed by atoms with Crippen molar-refractivity contribution in [2.24, 2.45) is 0 Å². The number of nitrogens with zero attached hydrogens (tertiary/aromatic N) is 4. The van der Waals surface area contributed by atoms with Crippen molar-refractivity contribution in [1.29, 1.82) is 0 Å². The zero-order valence-corrected chi connectivity index (χ0v) is 15.5. The Morgan fingerprint density at radius 1 is 1.00 bits per heavy atom. The van der Waals surface area contributed by atoms with E-state index in [1.807, 2.05) is 35.0 Å². The third kappa shape index (κ3) is 3.48. The van der Waals surface area contributed by atoms with Crippen molar-refractivity contribution in [3.05, 3.63) is 77.5 Å². The number of aromatic nitrogens is 4. The van der Waals surface area contributed by atoms with E-state index >= 15 is 0 Å². The van der Waals surface area contributed by atoms with E-state index in [0.717, 1.165) is 23.4 Å². The summed E-state index contributed by atoms with van der Waals surface area (Å²) in [7, 11) is 0. The first-order valence-electron chi connectivity index (χ1n) is 9.22. The van der Waals surface area contributed by atoms with Gasteiger partial charge < -0.3 is 9.26 Å². The van der Waals surface area contributed by atoms with Crippen LogP contribution in [0.4, 0.5) is 13.2 Å². The highest BCUT2D eigenvalue weighted by Gasteiger charge is 2.31. The molecular formula is C21H15F3N4O2. The van der Waals surface area contributed by atoms with Gasteiger partial charge in [-0.1, -0.05) is 47.6 Å². The number of rotatable bonds is 3. The zero-order valence-electron chi connectivity index (χ0n) is 15.5. The van der Waals surface area contributed by atoms with Crippen LogP contribution in [-0.4, -0.2) is 19.9 Å². The summed E-state index contributed by atoms with van der Waals surface area (Å²) >= 11 is 0. The van der Waals surface area contributed by atoms with Gasteiger partial charge in [0.25, 0.3) is 5.89 Å². The summed E-state index contributed by atoms with van der Waals surface area (Å²) in [6.07, 6.45) is -4.56. The van der Waals surface area contributed by atoms with Crippen LogP contribution in [0.15, 0.2) is 65.2 Å². The Hall–Kier alpha value is -3.46. The molecule has 30 heavy (non-hydrogen) atoms. The van der Waals surface area contributed by atoms with E-state index < -0.39 is 11.7 Å². The molecule has 0 N–H and O–H groups in total. The van der Waals surface area contributed by atoms with E-state index in [-0.39, 0.29) is 23.4 Å². The minimum Gasteiger partial charge on any atom is -0.365 e. The highest BCUT2D eigenvalue weighted by atomic mass is 19.4. The second-order valence-electron chi connectivity index (χ2n) is 6.92. The first-order chi connectivity index (χ1) is 14.5. The lowest BCUT2D eigenvalue weighted by atomic mass is 10.1. The van der Waals surface area contributed by atoms with Crippen LogP contribution in [0.3, 0.4) is 0 Å². The largest absolute Gasteiger partial charge is 0.416 e. The number of halogens is 3. The molecular weight excluding hydrogens is 397 g/mol. The molecule has 0 saturated heterocycles. The lowest BCUT2D eigenvalue weighted by Crippen LogP contribution is -2.21. The molecule has 0 bridgehead atoms. The fourth-order valence-corrected chi connectivity index (χ4v) is 3.38. The van der Waals surface area contributed by atoms with Crippen molar-refractivity contribution in [3.8, 4) is 23.0 Å². The fraction of sp³-hybridized carbons (Fsp3) is 0.190. The van der Waals surface area contributed by atoms with Gasteiger partial charge in [0.15, 0.2) is 5.69 Å². The van der Waals surface area contributed by atoms with Crippen molar-refractivity contribution >= 4 is 0 Å². The quantitative estimate of drug-likeness (QED) is 0.479. The van der Waals surface area contributed by atoms with Crippen molar-refractivity contribution in [1.82, 2.24) is 19.9 Å². The average molecular weight is 412 g/mol. The Bertz CT molecular complexity index is 1180. The molecule has 4 aromatic rings. The summed E-state index contributed by atoms with van der Waals surface area (Å²) in [5.74, 6) is 0.209. The van der Waals surface area contributed by atoms with Gasteiger partial charge in [-0.2, -0.15) is 23.3 Å². The number of hydrogen-bond acceptors (Lipinski definition) is 5. The maximum absolute atomic E-state index is 13.0. The number of benzene rings is 2. The van der Waals surface area contributed by atoms with E-state index in [9.17, 15) is 13.2 Å². The predicted octanol–water partition coefficient (Wildman–Crippen LogP) is 4.89. The molecule has 0 radical (unpaired) electrons. The Kier molecular flexibility index (Phi) is 4.39. The van der Waals surface area contributed by atoms with Gasteiger partial charge in [-0.3, -0.25) is 4.68 Å². The van der Waals surface area contributed by atoms with E-state index in [1.54, 1.807) is 6.07 Å². The third-order valence-electron chi connectivity index (χ3n) is 4.90. The molecule has 9 heteroatoms. The molecule has 6 nitrogen and oxygen atoms in total. The normalized spacial score (nSPS) is 16.4. The van der Waals surface area contributed by atoms with Crippen molar-refractivity contribution in [2.75, 3.05) is 0 Å². The standard InChI is InChI=1S/C21H15F3N4O2/c22-21(23,24)15-8-4-7-14(9-15)19-25-20(30-27-19)17-10-16-12-29-18(11-28(16)26-17)13-5-2-1-3-6-13/h1-10,18H,11-12H2/t18-/m1/s1. The van der Waals surface area contributed by atoms with Crippen molar-refractivity contribution < 1.29 is 22.4 Å². The number of alkyl halides is 3. The van der Waals surface area contributed by atoms with E-state index in [2.05, 4.69) is 15.2 Å². The maximum Gasteiger partial charge on any atom is 0.416 e. The molecule has 3 heterocycles. The molecule has 0 fully saturated rings. The monoisotopic (exact) mass is 412 g/mol. The van der Waals surface area contributed by atoms with Gasteiger partial charge in [0.05, 0.1) is 24.4 Å². The van der Waals surface area contributed by atoms with Crippen molar-refractivity contribution in [3.63, 3.8) is 0 Å². The van der Waals surface area contributed by atoms with Gasteiger partial charge >= 0.3 is 6.18 Å². The lowest BCUT2D eigenvalue weighted by molar-refractivity contribution is -0.137. The number of ether oxygens (including phenoxy) is 1. The van der Waals surface area contributed by atoms with E-state index in [0.29, 0.717) is 18.8 Å². The molecule has 1 aliphatic rings. The minimum absolute atomic E-state index is 0.0699. The molecule has 0 unspecified atom stereocenters. The molecule has 152 valence electrons. The molecule has 0 saturated carbocycles. The summed E-state index contributed by atoms with van der Waals surface area (Å²) in [5.41, 5.74) is 1.82. The van der Waals surface area contributed by atoms with Crippen LogP contribution in [-0.2, 0) is 24.1 Å². The molecule has 1 aliphatic heterocycles. The SMILES string of the molecule is FC(F)(F)c1cccc(-c2noc(-c3cc4n(n3)C[C@H](c3ccccc3)OC4)n2)c1. The van der Waals surface area contributed by atoms with Gasteiger partial charge in [0.2, 0.25) is 5.82 Å². The fourth-order valence-electron chi connectivity index (χ4n) is 3.38. The van der Waals surface area contributed by atoms with Crippen LogP contribution in [0.25, 0.3) is 23.0 Å². The summed E-state index contributed by atoms with van der Waals surface area (Å²) in [5, 5.41) is 8.34. The Balaban J connectivity index is 1.40. The van der Waals surface area contributed by atoms with Crippen LogP contribution < -0.4 is 0 Å². The van der Waals surface area contributed by atoms with Gasteiger partial charge in [0, 0.05) is 5.56 Å². The topological polar surface area (TPSA) is 66.0 Å². The molecule has 2 aromatic carbocycles. The Labute approximate surface area is 168 Å². The first kappa shape index (κ1) is 18.6. The van der Waals surface area contributed by atoms with Gasteiger partial charge in [-0.25, -0.2) is 0 Å². The summed E-state index contributed by atoms with van der Waals surface area (Å²) in [4.78, 5) is 4.23. The van der Waals surface area contributed by atoms with Gasteiger partial charge in [-0.05, 0) is 23.8 Å². The summed E-state index contributed by atoms with van der Waals surface area (Å²) < 4.78 is 51.9. The molecule has 1 atom stereocenters. The second-order valence-corrected chi connectivity index (χ2v) is 6.92. The van der Waals surface area contributed by atoms with Crippen LogP contribution >= 0.6 is 0 Å². The van der Waals surface area contributed by atoms with Gasteiger partial charge in [0.1, 0.15) is 6.10 Å². The summed E-state index contributed by atoms with van der Waals surface area (Å²) in [6, 6.07) is 16.4. The first-order valence-corrected chi connectivity index (χ1v) is 9.22. The lowest BCUT2D eigenvalue weighted by Gasteiger charge is -2.24. The van der Waals surface area contributed by atoms with Crippen LogP contribution in [0, 0.1) is 0 Å². The second kappa shape index (κ2) is 7.10. The highest BCUT2D eigenvalue weighted by molar-refractivity contribution is 5.59. The third-order valence-corrected chi connectivity index (χ3v) is 4.90. The van der Waals surface area contributed by atoms with Crippen molar-refractivity contribution in [2.45, 2.75) is 25.4 Å². The Morgan fingerprint density at radius 2 is 1.83 bits per heavy atom.